The van der Waals surface area contributed by atoms with E-state index in [1.165, 1.54) is 12.1 Å². The molecule has 0 spiro atoms. The quantitative estimate of drug-likeness (QED) is 0.427. The minimum atomic E-state index is -1.18. The van der Waals surface area contributed by atoms with E-state index >= 15 is 0 Å². The van der Waals surface area contributed by atoms with Gasteiger partial charge in [0.15, 0.2) is 6.61 Å². The third-order valence-electron chi connectivity index (χ3n) is 5.77. The third kappa shape index (κ3) is 5.78. The topological polar surface area (TPSA) is 122 Å². The van der Waals surface area contributed by atoms with E-state index in [0.29, 0.717) is 28.9 Å². The molecule has 8 heteroatoms. The van der Waals surface area contributed by atoms with Crippen LogP contribution in [0, 0.1) is 6.92 Å². The lowest BCUT2D eigenvalue weighted by molar-refractivity contribution is -0.142. The maximum absolute atomic E-state index is 12.5. The van der Waals surface area contributed by atoms with Crippen molar-refractivity contribution in [2.45, 2.75) is 31.9 Å². The third-order valence-corrected chi connectivity index (χ3v) is 5.77. The van der Waals surface area contributed by atoms with Crippen molar-refractivity contribution in [2.75, 3.05) is 6.61 Å². The number of ether oxygens (including phenoxy) is 2. The van der Waals surface area contributed by atoms with Gasteiger partial charge >= 0.3 is 11.9 Å². The second kappa shape index (κ2) is 10.3. The highest BCUT2D eigenvalue weighted by Gasteiger charge is 2.29. The molecule has 8 nitrogen and oxygen atoms in total. The van der Waals surface area contributed by atoms with Crippen molar-refractivity contribution in [1.82, 2.24) is 5.32 Å². The summed E-state index contributed by atoms with van der Waals surface area (Å²) in [7, 11) is 0. The molecule has 3 aromatic rings. The minimum absolute atomic E-state index is 0.0502. The molecular formula is C27H25NO7. The molecule has 0 aromatic heterocycles. The van der Waals surface area contributed by atoms with Gasteiger partial charge in [0.2, 0.25) is 0 Å². The molecule has 3 aromatic carbocycles. The fraction of sp³-hybridized carbons (Fsp3) is 0.222. The van der Waals surface area contributed by atoms with Crippen LogP contribution in [0.1, 0.15) is 38.7 Å². The summed E-state index contributed by atoms with van der Waals surface area (Å²) in [4.78, 5) is 36.7. The Morgan fingerprint density at radius 2 is 1.86 bits per heavy atom. The lowest BCUT2D eigenvalue weighted by Crippen LogP contribution is -2.44. The molecule has 180 valence electrons. The van der Waals surface area contributed by atoms with Crippen molar-refractivity contribution < 1.29 is 34.1 Å². The molecule has 4 rings (SSSR count). The van der Waals surface area contributed by atoms with Gasteiger partial charge in [-0.05, 0) is 48.4 Å². The van der Waals surface area contributed by atoms with Crippen LogP contribution in [0.3, 0.4) is 0 Å². The number of phenolic OH excluding ortho intramolecular Hbond substituents is 1. The number of carboxylic acids is 1. The van der Waals surface area contributed by atoms with Gasteiger partial charge in [-0.2, -0.15) is 0 Å². The molecule has 0 saturated heterocycles. The summed E-state index contributed by atoms with van der Waals surface area (Å²) < 4.78 is 11.4. The van der Waals surface area contributed by atoms with Gasteiger partial charge in [-0.1, -0.05) is 42.0 Å². The van der Waals surface area contributed by atoms with Crippen molar-refractivity contribution >= 4 is 17.8 Å². The van der Waals surface area contributed by atoms with Crippen LogP contribution in [0.2, 0.25) is 0 Å². The Labute approximate surface area is 202 Å². The average molecular weight is 475 g/mol. The zero-order valence-electron chi connectivity index (χ0n) is 19.1. The van der Waals surface area contributed by atoms with E-state index in [0.717, 1.165) is 11.1 Å². The van der Waals surface area contributed by atoms with Gasteiger partial charge in [0, 0.05) is 18.4 Å². The van der Waals surface area contributed by atoms with Crippen LogP contribution in [0.25, 0.3) is 0 Å². The van der Waals surface area contributed by atoms with E-state index in [1.807, 2.05) is 31.2 Å². The number of carboxylic acid groups (broad SMARTS) is 1. The van der Waals surface area contributed by atoms with Crippen LogP contribution >= 0.6 is 0 Å². The number of carbonyl (C=O) groups is 3. The number of phenols is 1. The number of aromatic hydroxyl groups is 1. The molecule has 1 aliphatic heterocycles. The normalized spacial score (nSPS) is 15.5. The van der Waals surface area contributed by atoms with Gasteiger partial charge in [-0.15, -0.1) is 0 Å². The fourth-order valence-corrected chi connectivity index (χ4v) is 4.00. The summed E-state index contributed by atoms with van der Waals surface area (Å²) in [6, 6.07) is 17.6. The second-order valence-corrected chi connectivity index (χ2v) is 8.41. The number of carbonyl (C=O) groups excluding carboxylic acids is 2. The number of fused-ring (bicyclic) bond motifs is 1. The molecule has 0 bridgehead atoms. The Balaban J connectivity index is 1.44. The van der Waals surface area contributed by atoms with Gasteiger partial charge in [-0.3, -0.25) is 4.79 Å². The standard InChI is InChI=1S/C27H25NO7/c1-16-6-11-23(21(12-16)24-14-18-4-2-3-5-20(18)27(33)35-24)34-15-25(30)28-22(26(31)32)13-17-7-9-19(29)10-8-17/h2-12,22,24,29H,13-15H2,1H3,(H,28,30)(H,31,32)/t22-,24+/m0/s1. The number of aryl methyl sites for hydroxylation is 1. The van der Waals surface area contributed by atoms with Gasteiger partial charge < -0.3 is 25.0 Å². The highest BCUT2D eigenvalue weighted by atomic mass is 16.5. The van der Waals surface area contributed by atoms with Crippen LogP contribution in [0.15, 0.2) is 66.7 Å². The smallest absolute Gasteiger partial charge is 0.339 e. The number of cyclic esters (lactones) is 1. The number of rotatable bonds is 8. The van der Waals surface area contributed by atoms with Crippen molar-refractivity contribution in [1.29, 1.82) is 0 Å². The predicted molar refractivity (Wildman–Crippen MR) is 126 cm³/mol. The van der Waals surface area contributed by atoms with Crippen molar-refractivity contribution in [3.63, 3.8) is 0 Å². The average Bonchev–Trinajstić information content (AvgIpc) is 2.84. The highest BCUT2D eigenvalue weighted by Crippen LogP contribution is 2.35. The van der Waals surface area contributed by atoms with E-state index in [4.69, 9.17) is 9.47 Å². The SMILES string of the molecule is Cc1ccc(OCC(=O)N[C@@H](Cc2ccc(O)cc2)C(=O)O)c([C@H]2Cc3ccccc3C(=O)O2)c1. The minimum Gasteiger partial charge on any atom is -0.508 e. The van der Waals surface area contributed by atoms with Crippen LogP contribution in [0.5, 0.6) is 11.5 Å². The van der Waals surface area contributed by atoms with Gasteiger partial charge in [-0.25, -0.2) is 9.59 Å². The Morgan fingerprint density at radius 3 is 2.60 bits per heavy atom. The first-order valence-electron chi connectivity index (χ1n) is 11.1. The summed E-state index contributed by atoms with van der Waals surface area (Å²) in [5, 5.41) is 21.4. The number of aliphatic carboxylic acids is 1. The van der Waals surface area contributed by atoms with Gasteiger partial charge in [0.1, 0.15) is 23.6 Å². The van der Waals surface area contributed by atoms with E-state index in [2.05, 4.69) is 5.32 Å². The van der Waals surface area contributed by atoms with Crippen LogP contribution in [0.4, 0.5) is 0 Å². The molecule has 0 aliphatic carbocycles. The van der Waals surface area contributed by atoms with Crippen LogP contribution in [-0.2, 0) is 27.2 Å². The Hall–Kier alpha value is -4.33. The number of hydrogen-bond donors (Lipinski definition) is 3. The monoisotopic (exact) mass is 475 g/mol. The van der Waals surface area contributed by atoms with E-state index in [-0.39, 0.29) is 12.2 Å². The predicted octanol–water partition coefficient (Wildman–Crippen LogP) is 3.35. The summed E-state index contributed by atoms with van der Waals surface area (Å²) in [5.74, 6) is -1.75. The first-order chi connectivity index (χ1) is 16.8. The number of esters is 1. The molecule has 0 radical (unpaired) electrons. The molecule has 2 atom stereocenters. The highest BCUT2D eigenvalue weighted by molar-refractivity contribution is 5.92. The molecule has 0 fully saturated rings. The zero-order chi connectivity index (χ0) is 24.9. The summed E-state index contributed by atoms with van der Waals surface area (Å²) in [6.07, 6.45) is -0.0485. The summed E-state index contributed by atoms with van der Waals surface area (Å²) in [5.41, 5.74) is 3.63. The number of nitrogens with one attached hydrogen (secondary N) is 1. The number of amides is 1. The van der Waals surface area contributed by atoms with E-state index < -0.39 is 36.6 Å². The maximum Gasteiger partial charge on any atom is 0.339 e. The lowest BCUT2D eigenvalue weighted by atomic mass is 9.93. The first kappa shape index (κ1) is 23.8. The van der Waals surface area contributed by atoms with Gasteiger partial charge in [0.05, 0.1) is 5.56 Å². The van der Waals surface area contributed by atoms with Crippen molar-refractivity contribution in [3.05, 3.63) is 94.5 Å². The number of benzene rings is 3. The number of hydrogen-bond acceptors (Lipinski definition) is 6. The molecule has 0 unspecified atom stereocenters. The Morgan fingerprint density at radius 1 is 1.11 bits per heavy atom. The van der Waals surface area contributed by atoms with E-state index in [9.17, 15) is 24.6 Å². The zero-order valence-corrected chi connectivity index (χ0v) is 19.1. The van der Waals surface area contributed by atoms with Gasteiger partial charge in [0.25, 0.3) is 5.91 Å². The fourth-order valence-electron chi connectivity index (χ4n) is 4.00. The Bertz CT molecular complexity index is 1250. The molecule has 0 saturated carbocycles. The first-order valence-corrected chi connectivity index (χ1v) is 11.1. The largest absolute Gasteiger partial charge is 0.508 e. The second-order valence-electron chi connectivity index (χ2n) is 8.41. The van der Waals surface area contributed by atoms with Crippen LogP contribution < -0.4 is 10.1 Å². The Kier molecular flexibility index (Phi) is 7.01. The van der Waals surface area contributed by atoms with Crippen molar-refractivity contribution in [3.8, 4) is 11.5 Å². The molecule has 1 heterocycles. The summed E-state index contributed by atoms with van der Waals surface area (Å²) in [6.45, 7) is 1.49. The molecule has 1 aliphatic rings. The lowest BCUT2D eigenvalue weighted by Gasteiger charge is -2.26. The molecule has 1 amide bonds. The molecule has 3 N–H and O–H groups in total. The molecular weight excluding hydrogens is 450 g/mol. The maximum atomic E-state index is 12.5. The van der Waals surface area contributed by atoms with Crippen LogP contribution in [-0.4, -0.2) is 40.7 Å². The van der Waals surface area contributed by atoms with Crippen molar-refractivity contribution in [2.24, 2.45) is 0 Å². The van der Waals surface area contributed by atoms with E-state index in [1.54, 1.807) is 30.3 Å². The molecule has 35 heavy (non-hydrogen) atoms. The summed E-state index contributed by atoms with van der Waals surface area (Å²) >= 11 is 0.